The molecule has 0 bridgehead atoms. The van der Waals surface area contributed by atoms with Crippen LogP contribution in [-0.4, -0.2) is 16.5 Å². The number of hydrogen-bond donors (Lipinski definition) is 0. The van der Waals surface area contributed by atoms with E-state index < -0.39 is 16.6 Å². The SMILES string of the molecule is O=C(CSc1ccc(F)c(F)c1)c1ccc([N+](=O)[O-])cc1. The Kier molecular flexibility index (Phi) is 4.64. The Morgan fingerprint density at radius 2 is 1.76 bits per heavy atom. The molecule has 108 valence electrons. The average molecular weight is 309 g/mol. The van der Waals surface area contributed by atoms with Crippen LogP contribution in [-0.2, 0) is 0 Å². The van der Waals surface area contributed by atoms with Gasteiger partial charge in [0.05, 0.1) is 10.7 Å². The predicted molar refractivity (Wildman–Crippen MR) is 74.5 cm³/mol. The van der Waals surface area contributed by atoms with Crippen molar-refractivity contribution in [3.05, 3.63) is 69.8 Å². The zero-order chi connectivity index (χ0) is 15.4. The first-order valence-corrected chi connectivity index (χ1v) is 6.81. The number of halogens is 2. The third-order valence-electron chi connectivity index (χ3n) is 2.66. The normalized spacial score (nSPS) is 10.4. The van der Waals surface area contributed by atoms with E-state index in [1.54, 1.807) is 0 Å². The average Bonchev–Trinajstić information content (AvgIpc) is 2.48. The fourth-order valence-electron chi connectivity index (χ4n) is 1.57. The van der Waals surface area contributed by atoms with E-state index in [1.165, 1.54) is 30.3 Å². The number of carbonyl (C=O) groups is 1. The molecular formula is C14H9F2NO3S. The van der Waals surface area contributed by atoms with Crippen LogP contribution in [0.25, 0.3) is 0 Å². The van der Waals surface area contributed by atoms with Crippen molar-refractivity contribution in [1.29, 1.82) is 0 Å². The second-order valence-electron chi connectivity index (χ2n) is 4.09. The first-order chi connectivity index (χ1) is 9.97. The fraction of sp³-hybridized carbons (Fsp3) is 0.0714. The summed E-state index contributed by atoms with van der Waals surface area (Å²) in [6.45, 7) is 0. The first kappa shape index (κ1) is 15.1. The Bertz CT molecular complexity index is 689. The van der Waals surface area contributed by atoms with E-state index >= 15 is 0 Å². The van der Waals surface area contributed by atoms with E-state index in [0.717, 1.165) is 23.9 Å². The number of thioether (sulfide) groups is 1. The highest BCUT2D eigenvalue weighted by Crippen LogP contribution is 2.22. The van der Waals surface area contributed by atoms with Gasteiger partial charge in [0.25, 0.3) is 5.69 Å². The Morgan fingerprint density at radius 1 is 1.10 bits per heavy atom. The molecule has 0 atom stereocenters. The topological polar surface area (TPSA) is 60.2 Å². The first-order valence-electron chi connectivity index (χ1n) is 5.83. The van der Waals surface area contributed by atoms with Gasteiger partial charge in [0.1, 0.15) is 0 Å². The number of benzene rings is 2. The van der Waals surface area contributed by atoms with Gasteiger partial charge in [-0.25, -0.2) is 8.78 Å². The molecule has 7 heteroatoms. The highest BCUT2D eigenvalue weighted by Gasteiger charge is 2.11. The molecule has 0 aliphatic heterocycles. The molecule has 0 spiro atoms. The summed E-state index contributed by atoms with van der Waals surface area (Å²) in [6.07, 6.45) is 0. The molecule has 21 heavy (non-hydrogen) atoms. The van der Waals surface area contributed by atoms with Gasteiger partial charge in [-0.3, -0.25) is 14.9 Å². The molecule has 0 saturated heterocycles. The lowest BCUT2D eigenvalue weighted by molar-refractivity contribution is -0.384. The Hall–Kier alpha value is -2.28. The smallest absolute Gasteiger partial charge is 0.269 e. The van der Waals surface area contributed by atoms with Gasteiger partial charge < -0.3 is 0 Å². The molecule has 0 aromatic heterocycles. The van der Waals surface area contributed by atoms with Gasteiger partial charge in [-0.05, 0) is 30.3 Å². The number of nitro benzene ring substituents is 1. The summed E-state index contributed by atoms with van der Waals surface area (Å²) in [4.78, 5) is 22.3. The van der Waals surface area contributed by atoms with Crippen molar-refractivity contribution < 1.29 is 18.5 Å². The van der Waals surface area contributed by atoms with Gasteiger partial charge in [0.2, 0.25) is 0 Å². The second-order valence-corrected chi connectivity index (χ2v) is 5.14. The largest absolute Gasteiger partial charge is 0.293 e. The zero-order valence-electron chi connectivity index (χ0n) is 10.6. The lowest BCUT2D eigenvalue weighted by Crippen LogP contribution is -2.02. The molecule has 0 saturated carbocycles. The van der Waals surface area contributed by atoms with Gasteiger partial charge in [0, 0.05) is 22.6 Å². The highest BCUT2D eigenvalue weighted by atomic mass is 32.2. The number of hydrogen-bond acceptors (Lipinski definition) is 4. The molecule has 0 fully saturated rings. The van der Waals surface area contributed by atoms with Crippen molar-refractivity contribution in [3.8, 4) is 0 Å². The zero-order valence-corrected chi connectivity index (χ0v) is 11.4. The maximum Gasteiger partial charge on any atom is 0.269 e. The van der Waals surface area contributed by atoms with Crippen LogP contribution in [0.2, 0.25) is 0 Å². The summed E-state index contributed by atoms with van der Waals surface area (Å²) in [5.74, 6) is -2.13. The van der Waals surface area contributed by atoms with Crippen LogP contribution in [0, 0.1) is 21.7 Å². The number of rotatable bonds is 5. The number of carbonyl (C=O) groups excluding carboxylic acids is 1. The van der Waals surface area contributed by atoms with Crippen LogP contribution in [0.1, 0.15) is 10.4 Å². The third-order valence-corrected chi connectivity index (χ3v) is 3.65. The van der Waals surface area contributed by atoms with Crippen LogP contribution in [0.5, 0.6) is 0 Å². The quantitative estimate of drug-likeness (QED) is 0.364. The summed E-state index contributed by atoms with van der Waals surface area (Å²) < 4.78 is 25.8. The van der Waals surface area contributed by atoms with Crippen molar-refractivity contribution in [3.63, 3.8) is 0 Å². The van der Waals surface area contributed by atoms with Gasteiger partial charge in [0.15, 0.2) is 17.4 Å². The van der Waals surface area contributed by atoms with Crippen molar-refractivity contribution in [2.45, 2.75) is 4.90 Å². The van der Waals surface area contributed by atoms with E-state index in [4.69, 9.17) is 0 Å². The van der Waals surface area contributed by atoms with Crippen molar-refractivity contribution in [2.24, 2.45) is 0 Å². The standard InChI is InChI=1S/C14H9F2NO3S/c15-12-6-5-11(7-13(12)16)21-8-14(18)9-1-3-10(4-2-9)17(19)20/h1-7H,8H2. The van der Waals surface area contributed by atoms with Crippen molar-refractivity contribution >= 4 is 23.2 Å². The Morgan fingerprint density at radius 3 is 2.33 bits per heavy atom. The van der Waals surface area contributed by atoms with E-state index in [-0.39, 0.29) is 17.2 Å². The van der Waals surface area contributed by atoms with E-state index in [0.29, 0.717) is 10.5 Å². The van der Waals surface area contributed by atoms with Crippen LogP contribution in [0.15, 0.2) is 47.4 Å². The lowest BCUT2D eigenvalue weighted by Gasteiger charge is -2.02. The monoisotopic (exact) mass is 309 g/mol. The summed E-state index contributed by atoms with van der Waals surface area (Å²) >= 11 is 1.07. The number of non-ortho nitro benzene ring substituents is 1. The van der Waals surface area contributed by atoms with E-state index in [2.05, 4.69) is 0 Å². The molecule has 2 rings (SSSR count). The number of ketones is 1. The minimum absolute atomic E-state index is 0.0306. The number of nitrogens with zero attached hydrogens (tertiary/aromatic N) is 1. The van der Waals surface area contributed by atoms with Crippen LogP contribution in [0.4, 0.5) is 14.5 Å². The van der Waals surface area contributed by atoms with Crippen LogP contribution in [0.3, 0.4) is 0 Å². The maximum absolute atomic E-state index is 13.0. The van der Waals surface area contributed by atoms with Gasteiger partial charge in [-0.1, -0.05) is 0 Å². The predicted octanol–water partition coefficient (Wildman–Crippen LogP) is 3.85. The third kappa shape index (κ3) is 3.85. The molecule has 0 N–H and O–H groups in total. The number of Topliss-reactive ketones (excluding diaryl/α,β-unsaturated/α-hetero) is 1. The van der Waals surface area contributed by atoms with Crippen molar-refractivity contribution in [2.75, 3.05) is 5.75 Å². The van der Waals surface area contributed by atoms with Crippen molar-refractivity contribution in [1.82, 2.24) is 0 Å². The van der Waals surface area contributed by atoms with Crippen LogP contribution < -0.4 is 0 Å². The molecule has 2 aromatic rings. The maximum atomic E-state index is 13.0. The minimum atomic E-state index is -0.970. The summed E-state index contributed by atoms with van der Waals surface area (Å²) in [6, 6.07) is 8.62. The van der Waals surface area contributed by atoms with Gasteiger partial charge in [-0.15, -0.1) is 11.8 Å². The molecule has 0 amide bonds. The molecule has 4 nitrogen and oxygen atoms in total. The number of nitro groups is 1. The Labute approximate surface area is 122 Å². The van der Waals surface area contributed by atoms with E-state index in [9.17, 15) is 23.7 Å². The van der Waals surface area contributed by atoms with Gasteiger partial charge >= 0.3 is 0 Å². The second kappa shape index (κ2) is 6.45. The van der Waals surface area contributed by atoms with E-state index in [1.807, 2.05) is 0 Å². The molecule has 0 heterocycles. The molecule has 0 aliphatic rings. The summed E-state index contributed by atoms with van der Waals surface area (Å²) in [7, 11) is 0. The van der Waals surface area contributed by atoms with Gasteiger partial charge in [-0.2, -0.15) is 0 Å². The van der Waals surface area contributed by atoms with Crippen LogP contribution >= 0.6 is 11.8 Å². The molecule has 0 unspecified atom stereocenters. The molecular weight excluding hydrogens is 300 g/mol. The fourth-order valence-corrected chi connectivity index (χ4v) is 2.38. The summed E-state index contributed by atoms with van der Waals surface area (Å²) in [5.41, 5.74) is 0.232. The molecule has 0 aliphatic carbocycles. The minimum Gasteiger partial charge on any atom is -0.293 e. The Balaban J connectivity index is 2.01. The summed E-state index contributed by atoms with van der Waals surface area (Å²) in [5, 5.41) is 10.5. The lowest BCUT2D eigenvalue weighted by atomic mass is 10.1. The molecule has 0 radical (unpaired) electrons. The highest BCUT2D eigenvalue weighted by molar-refractivity contribution is 8.00. The molecule has 2 aromatic carbocycles.